The number of nitro benzene ring substituents is 1. The Hall–Kier alpha value is -2.17. The van der Waals surface area contributed by atoms with Crippen molar-refractivity contribution in [2.24, 2.45) is 0 Å². The van der Waals surface area contributed by atoms with Crippen LogP contribution in [-0.2, 0) is 4.79 Å². The average Bonchev–Trinajstić information content (AvgIpc) is 2.26. The summed E-state index contributed by atoms with van der Waals surface area (Å²) in [5, 5.41) is 13.1. The van der Waals surface area contributed by atoms with Gasteiger partial charge in [0.05, 0.1) is 4.92 Å². The van der Waals surface area contributed by atoms with E-state index in [9.17, 15) is 14.9 Å². The summed E-state index contributed by atoms with van der Waals surface area (Å²) in [6.45, 7) is 3.75. The number of nitrogens with zero attached hydrogens (tertiary/aromatic N) is 1. The standard InChI is InChI=1S/C12H14N2O3/c1-9(2)13-12(15)8-5-10-3-6-11(7-4-10)14(16)17/h3-9H,1-2H3,(H,13,15)/b8-5-. The molecule has 17 heavy (non-hydrogen) atoms. The minimum atomic E-state index is -0.459. The van der Waals surface area contributed by atoms with Crippen LogP contribution in [0.1, 0.15) is 19.4 Å². The maximum atomic E-state index is 11.3. The second kappa shape index (κ2) is 5.79. The molecule has 0 saturated carbocycles. The Kier molecular flexibility index (Phi) is 4.39. The van der Waals surface area contributed by atoms with Crippen molar-refractivity contribution in [3.63, 3.8) is 0 Å². The second-order valence-corrected chi connectivity index (χ2v) is 3.85. The summed E-state index contributed by atoms with van der Waals surface area (Å²) in [5.74, 6) is -0.182. The number of nitro groups is 1. The maximum absolute atomic E-state index is 11.3. The molecule has 0 atom stereocenters. The first-order chi connectivity index (χ1) is 7.99. The number of rotatable bonds is 4. The van der Waals surface area contributed by atoms with Gasteiger partial charge in [-0.05, 0) is 37.6 Å². The molecule has 1 aromatic carbocycles. The van der Waals surface area contributed by atoms with Gasteiger partial charge in [0.25, 0.3) is 5.69 Å². The highest BCUT2D eigenvalue weighted by molar-refractivity contribution is 5.91. The van der Waals surface area contributed by atoms with Crippen LogP contribution in [-0.4, -0.2) is 16.9 Å². The van der Waals surface area contributed by atoms with Crippen LogP contribution in [0.15, 0.2) is 30.3 Å². The minimum Gasteiger partial charge on any atom is -0.350 e. The molecular formula is C12H14N2O3. The first kappa shape index (κ1) is 12.9. The highest BCUT2D eigenvalue weighted by atomic mass is 16.6. The number of hydrogen-bond acceptors (Lipinski definition) is 3. The number of hydrogen-bond donors (Lipinski definition) is 1. The van der Waals surface area contributed by atoms with Crippen LogP contribution in [0.2, 0.25) is 0 Å². The van der Waals surface area contributed by atoms with Gasteiger partial charge in [-0.15, -0.1) is 0 Å². The molecule has 0 aromatic heterocycles. The van der Waals surface area contributed by atoms with E-state index >= 15 is 0 Å². The van der Waals surface area contributed by atoms with Crippen LogP contribution in [0.5, 0.6) is 0 Å². The van der Waals surface area contributed by atoms with Crippen LogP contribution in [0.25, 0.3) is 6.08 Å². The predicted molar refractivity (Wildman–Crippen MR) is 65.4 cm³/mol. The third kappa shape index (κ3) is 4.46. The first-order valence-electron chi connectivity index (χ1n) is 5.22. The quantitative estimate of drug-likeness (QED) is 0.492. The molecule has 5 heteroatoms. The summed E-state index contributed by atoms with van der Waals surface area (Å²) in [6.07, 6.45) is 3.02. The van der Waals surface area contributed by atoms with Crippen LogP contribution < -0.4 is 5.32 Å². The molecule has 0 saturated heterocycles. The Labute approximate surface area is 99.3 Å². The van der Waals surface area contributed by atoms with E-state index in [0.29, 0.717) is 0 Å². The molecule has 1 N–H and O–H groups in total. The molecule has 1 rings (SSSR count). The van der Waals surface area contributed by atoms with Crippen molar-refractivity contribution < 1.29 is 9.72 Å². The van der Waals surface area contributed by atoms with Gasteiger partial charge in [-0.25, -0.2) is 0 Å². The van der Waals surface area contributed by atoms with E-state index in [4.69, 9.17) is 0 Å². The number of carbonyl (C=O) groups is 1. The van der Waals surface area contributed by atoms with Crippen molar-refractivity contribution in [1.29, 1.82) is 0 Å². The van der Waals surface area contributed by atoms with Crippen molar-refractivity contribution in [2.75, 3.05) is 0 Å². The average molecular weight is 234 g/mol. The zero-order valence-corrected chi connectivity index (χ0v) is 9.71. The zero-order chi connectivity index (χ0) is 12.8. The monoisotopic (exact) mass is 234 g/mol. The molecule has 1 amide bonds. The Morgan fingerprint density at radius 2 is 1.94 bits per heavy atom. The van der Waals surface area contributed by atoms with E-state index in [1.807, 2.05) is 13.8 Å². The van der Waals surface area contributed by atoms with Crippen LogP contribution >= 0.6 is 0 Å². The minimum absolute atomic E-state index is 0.0359. The van der Waals surface area contributed by atoms with Crippen molar-refractivity contribution in [1.82, 2.24) is 5.32 Å². The van der Waals surface area contributed by atoms with Crippen LogP contribution in [0.3, 0.4) is 0 Å². The van der Waals surface area contributed by atoms with Gasteiger partial charge in [0.2, 0.25) is 5.91 Å². The van der Waals surface area contributed by atoms with E-state index < -0.39 is 4.92 Å². The highest BCUT2D eigenvalue weighted by Gasteiger charge is 2.02. The van der Waals surface area contributed by atoms with Crippen molar-refractivity contribution >= 4 is 17.7 Å². The van der Waals surface area contributed by atoms with Crippen LogP contribution in [0.4, 0.5) is 5.69 Å². The summed E-state index contributed by atoms with van der Waals surface area (Å²) in [4.78, 5) is 21.3. The number of non-ortho nitro benzene ring substituents is 1. The van der Waals surface area contributed by atoms with E-state index in [0.717, 1.165) is 5.56 Å². The van der Waals surface area contributed by atoms with Gasteiger partial charge in [-0.3, -0.25) is 14.9 Å². The van der Waals surface area contributed by atoms with E-state index in [1.54, 1.807) is 18.2 Å². The Morgan fingerprint density at radius 3 is 2.41 bits per heavy atom. The summed E-state index contributed by atoms with van der Waals surface area (Å²) in [7, 11) is 0. The first-order valence-corrected chi connectivity index (χ1v) is 5.22. The van der Waals surface area contributed by atoms with Gasteiger partial charge in [-0.2, -0.15) is 0 Å². The Balaban J connectivity index is 2.66. The molecule has 0 heterocycles. The number of carbonyl (C=O) groups excluding carboxylic acids is 1. The zero-order valence-electron chi connectivity index (χ0n) is 9.71. The molecule has 0 unspecified atom stereocenters. The summed E-state index contributed by atoms with van der Waals surface area (Å²) >= 11 is 0. The summed E-state index contributed by atoms with van der Waals surface area (Å²) < 4.78 is 0. The molecule has 0 spiro atoms. The molecular weight excluding hydrogens is 220 g/mol. The maximum Gasteiger partial charge on any atom is 0.269 e. The van der Waals surface area contributed by atoms with Gasteiger partial charge < -0.3 is 5.32 Å². The smallest absolute Gasteiger partial charge is 0.269 e. The lowest BCUT2D eigenvalue weighted by molar-refractivity contribution is -0.384. The van der Waals surface area contributed by atoms with Gasteiger partial charge >= 0.3 is 0 Å². The molecule has 0 aliphatic carbocycles. The molecule has 1 aromatic rings. The fourth-order valence-electron chi connectivity index (χ4n) is 1.21. The van der Waals surface area contributed by atoms with Crippen molar-refractivity contribution in [3.8, 4) is 0 Å². The largest absolute Gasteiger partial charge is 0.350 e. The van der Waals surface area contributed by atoms with Gasteiger partial charge in [0.15, 0.2) is 0 Å². The molecule has 0 bridgehead atoms. The number of amides is 1. The lowest BCUT2D eigenvalue weighted by Gasteiger charge is -2.03. The van der Waals surface area contributed by atoms with Crippen molar-refractivity contribution in [2.45, 2.75) is 19.9 Å². The van der Waals surface area contributed by atoms with Crippen LogP contribution in [0, 0.1) is 10.1 Å². The summed E-state index contributed by atoms with van der Waals surface area (Å²) in [5.41, 5.74) is 0.781. The molecule has 90 valence electrons. The molecule has 0 fully saturated rings. The predicted octanol–water partition coefficient (Wildman–Crippen LogP) is 2.13. The second-order valence-electron chi connectivity index (χ2n) is 3.85. The lowest BCUT2D eigenvalue weighted by Crippen LogP contribution is -2.28. The fraction of sp³-hybridized carbons (Fsp3) is 0.250. The van der Waals surface area contributed by atoms with Gasteiger partial charge in [-0.1, -0.05) is 0 Å². The Bertz CT molecular complexity index is 436. The number of nitrogens with one attached hydrogen (secondary N) is 1. The topological polar surface area (TPSA) is 72.2 Å². The normalized spacial score (nSPS) is 10.8. The van der Waals surface area contributed by atoms with E-state index in [-0.39, 0.29) is 17.6 Å². The van der Waals surface area contributed by atoms with Gasteiger partial charge in [0, 0.05) is 24.3 Å². The Morgan fingerprint density at radius 1 is 1.35 bits per heavy atom. The molecule has 0 radical (unpaired) electrons. The third-order valence-corrected chi connectivity index (χ3v) is 1.96. The lowest BCUT2D eigenvalue weighted by atomic mass is 10.2. The van der Waals surface area contributed by atoms with Crippen molar-refractivity contribution in [3.05, 3.63) is 46.0 Å². The van der Waals surface area contributed by atoms with E-state index in [2.05, 4.69) is 5.32 Å². The SMILES string of the molecule is CC(C)NC(=O)/C=C\c1ccc([N+](=O)[O-])cc1. The summed E-state index contributed by atoms with van der Waals surface area (Å²) in [6, 6.07) is 6.08. The van der Waals surface area contributed by atoms with E-state index in [1.165, 1.54) is 18.2 Å². The molecule has 5 nitrogen and oxygen atoms in total. The molecule has 0 aliphatic rings. The van der Waals surface area contributed by atoms with Gasteiger partial charge in [0.1, 0.15) is 0 Å². The number of benzene rings is 1. The fourth-order valence-corrected chi connectivity index (χ4v) is 1.21. The third-order valence-electron chi connectivity index (χ3n) is 1.96. The highest BCUT2D eigenvalue weighted by Crippen LogP contribution is 2.12. The molecule has 0 aliphatic heterocycles.